The fourth-order valence-electron chi connectivity index (χ4n) is 3.22. The van der Waals surface area contributed by atoms with E-state index in [-0.39, 0.29) is 23.7 Å². The number of anilines is 1. The molecule has 2 aromatic rings. The van der Waals surface area contributed by atoms with E-state index in [1.54, 1.807) is 29.2 Å². The highest BCUT2D eigenvalue weighted by Crippen LogP contribution is 2.25. The van der Waals surface area contributed by atoms with E-state index in [1.807, 2.05) is 0 Å². The molecule has 1 aliphatic rings. The lowest BCUT2D eigenvalue weighted by Crippen LogP contribution is -2.48. The van der Waals surface area contributed by atoms with Gasteiger partial charge in [0.15, 0.2) is 5.78 Å². The average Bonchev–Trinajstić information content (AvgIpc) is 2.81. The molecule has 0 aromatic heterocycles. The fourth-order valence-corrected chi connectivity index (χ4v) is 3.41. The quantitative estimate of drug-likeness (QED) is 0.482. The highest BCUT2D eigenvalue weighted by atomic mass is 35.5. The van der Waals surface area contributed by atoms with E-state index in [1.165, 1.54) is 22.3 Å². The van der Waals surface area contributed by atoms with Crippen molar-refractivity contribution in [1.82, 2.24) is 10.2 Å². The molecule has 1 heterocycles. The molecule has 2 aromatic carbocycles. The molecule has 1 aliphatic heterocycles. The van der Waals surface area contributed by atoms with Crippen LogP contribution in [0.5, 0.6) is 0 Å². The van der Waals surface area contributed by atoms with Gasteiger partial charge in [-0.25, -0.2) is 9.18 Å². The number of benzene rings is 2. The van der Waals surface area contributed by atoms with Crippen molar-refractivity contribution in [3.05, 3.63) is 64.4 Å². The maximum Gasteiger partial charge on any atom is 0.471 e. The van der Waals surface area contributed by atoms with E-state index < -0.39 is 30.2 Å². The third kappa shape index (κ3) is 6.45. The summed E-state index contributed by atoms with van der Waals surface area (Å²) >= 11 is 6.07. The predicted octanol–water partition coefficient (Wildman–Crippen LogP) is 3.80. The summed E-state index contributed by atoms with van der Waals surface area (Å²) in [7, 11) is 0. The smallest absolute Gasteiger partial charge is 0.378 e. The van der Waals surface area contributed by atoms with Crippen LogP contribution in [0.3, 0.4) is 0 Å². The molecule has 0 bridgehead atoms. The van der Waals surface area contributed by atoms with Crippen molar-refractivity contribution in [2.24, 2.45) is 0 Å². The second kappa shape index (κ2) is 10.8. The summed E-state index contributed by atoms with van der Waals surface area (Å²) in [5.41, 5.74) is 0.272. The first-order valence-electron chi connectivity index (χ1n) is 10.1. The number of urea groups is 1. The molecule has 0 radical (unpaired) electrons. The maximum absolute atomic E-state index is 14.8. The van der Waals surface area contributed by atoms with Gasteiger partial charge in [0, 0.05) is 34.9 Å². The lowest BCUT2D eigenvalue weighted by Gasteiger charge is -2.33. The lowest BCUT2D eigenvalue weighted by molar-refractivity contribution is -0.173. The summed E-state index contributed by atoms with van der Waals surface area (Å²) in [6, 6.07) is 9.41. The number of halogens is 5. The van der Waals surface area contributed by atoms with Gasteiger partial charge in [0.2, 0.25) is 0 Å². The molecule has 7 nitrogen and oxygen atoms in total. The molecule has 182 valence electrons. The number of alkyl halides is 3. The lowest BCUT2D eigenvalue weighted by atomic mass is 10.1. The third-order valence-corrected chi connectivity index (χ3v) is 5.24. The van der Waals surface area contributed by atoms with Crippen molar-refractivity contribution >= 4 is 35.0 Å². The molecule has 1 fully saturated rings. The van der Waals surface area contributed by atoms with Gasteiger partial charge in [-0.1, -0.05) is 29.8 Å². The Bertz CT molecular complexity index is 1070. The molecule has 0 aliphatic carbocycles. The van der Waals surface area contributed by atoms with Gasteiger partial charge in [0.25, 0.3) is 0 Å². The molecule has 0 atom stereocenters. The van der Waals surface area contributed by atoms with Gasteiger partial charge in [-0.15, -0.1) is 0 Å². The van der Waals surface area contributed by atoms with Crippen LogP contribution in [0.15, 0.2) is 42.5 Å². The molecule has 1 saturated heterocycles. The van der Waals surface area contributed by atoms with Crippen LogP contribution in [0.25, 0.3) is 0 Å². The molecule has 1 N–H and O–H groups in total. The number of hydrogen-bond acceptors (Lipinski definition) is 4. The van der Waals surface area contributed by atoms with Crippen molar-refractivity contribution in [3.8, 4) is 0 Å². The minimum atomic E-state index is -5.13. The van der Waals surface area contributed by atoms with Crippen molar-refractivity contribution in [3.63, 3.8) is 0 Å². The summed E-state index contributed by atoms with van der Waals surface area (Å²) in [5.74, 6) is -4.01. The maximum atomic E-state index is 14.8. The van der Waals surface area contributed by atoms with Gasteiger partial charge in [-0.2, -0.15) is 13.2 Å². The molecule has 12 heteroatoms. The van der Waals surface area contributed by atoms with Crippen LogP contribution in [0.4, 0.5) is 28.0 Å². The van der Waals surface area contributed by atoms with Crippen LogP contribution in [-0.4, -0.2) is 61.6 Å². The van der Waals surface area contributed by atoms with Crippen molar-refractivity contribution in [1.29, 1.82) is 0 Å². The number of hydrogen-bond donors (Lipinski definition) is 1. The number of ketones is 1. The molecule has 3 amide bonds. The Kier molecular flexibility index (Phi) is 8.11. The minimum absolute atomic E-state index is 0.0671. The number of amides is 3. The molecule has 34 heavy (non-hydrogen) atoms. The van der Waals surface area contributed by atoms with Crippen LogP contribution in [-0.2, 0) is 16.1 Å². The van der Waals surface area contributed by atoms with E-state index in [4.69, 9.17) is 16.3 Å². The zero-order chi connectivity index (χ0) is 24.9. The number of carbonyl (C=O) groups excluding carboxylic acids is 3. The van der Waals surface area contributed by atoms with Gasteiger partial charge >= 0.3 is 18.1 Å². The van der Waals surface area contributed by atoms with Crippen molar-refractivity contribution < 1.29 is 36.7 Å². The van der Waals surface area contributed by atoms with Crippen molar-refractivity contribution in [2.75, 3.05) is 37.7 Å². The summed E-state index contributed by atoms with van der Waals surface area (Å²) in [6.45, 7) is 0.310. The molecular formula is C22H20ClF4N3O4. The number of carbonyl (C=O) groups is 3. The normalized spacial score (nSPS) is 14.0. The highest BCUT2D eigenvalue weighted by Gasteiger charge is 2.38. The number of nitrogens with zero attached hydrogens (tertiary/aromatic N) is 2. The Balaban J connectivity index is 1.79. The van der Waals surface area contributed by atoms with E-state index in [2.05, 4.69) is 0 Å². The van der Waals surface area contributed by atoms with E-state index in [9.17, 15) is 31.9 Å². The zero-order valence-corrected chi connectivity index (χ0v) is 18.5. The summed E-state index contributed by atoms with van der Waals surface area (Å²) in [4.78, 5) is 39.0. The molecule has 0 saturated carbocycles. The van der Waals surface area contributed by atoms with Gasteiger partial charge in [-0.05, 0) is 24.3 Å². The van der Waals surface area contributed by atoms with Gasteiger partial charge in [0.05, 0.1) is 26.3 Å². The molecular weight excluding hydrogens is 482 g/mol. The number of rotatable bonds is 6. The summed E-state index contributed by atoms with van der Waals surface area (Å²) < 4.78 is 56.9. The van der Waals surface area contributed by atoms with E-state index >= 15 is 0 Å². The van der Waals surface area contributed by atoms with Gasteiger partial charge < -0.3 is 15.0 Å². The highest BCUT2D eigenvalue weighted by molar-refractivity contribution is 6.30. The van der Waals surface area contributed by atoms with Crippen LogP contribution in [0.2, 0.25) is 5.02 Å². The Labute approximate surface area is 197 Å². The minimum Gasteiger partial charge on any atom is -0.378 e. The van der Waals surface area contributed by atoms with Crippen LogP contribution < -0.4 is 10.2 Å². The van der Waals surface area contributed by atoms with Gasteiger partial charge in [0.1, 0.15) is 5.82 Å². The van der Waals surface area contributed by atoms with E-state index in [0.29, 0.717) is 37.0 Å². The largest absolute Gasteiger partial charge is 0.471 e. The average molecular weight is 502 g/mol. The molecule has 0 unspecified atom stereocenters. The number of morpholine rings is 1. The Hall–Kier alpha value is -3.18. The molecule has 0 spiro atoms. The standard InChI is InChI=1S/C22H20ClF4N3O4/c23-16-2-1-3-17(11-16)30(21(33)29-6-8-34-9-7-29)13-15-5-4-14(10-18(15)24)19(31)12-28-20(32)22(25,26)27/h1-5,10-11H,6-9,12-13H2,(H,28,32). The Morgan fingerprint density at radius 2 is 1.79 bits per heavy atom. The summed E-state index contributed by atoms with van der Waals surface area (Å²) in [5, 5.41) is 1.82. The van der Waals surface area contributed by atoms with Crippen molar-refractivity contribution in [2.45, 2.75) is 12.7 Å². The number of nitrogens with one attached hydrogen (secondary N) is 1. The van der Waals surface area contributed by atoms with Crippen LogP contribution >= 0.6 is 11.6 Å². The number of Topliss-reactive ketones (excluding diaryl/α,β-unsaturated/α-hetero) is 1. The Morgan fingerprint density at radius 3 is 2.41 bits per heavy atom. The zero-order valence-electron chi connectivity index (χ0n) is 17.7. The van der Waals surface area contributed by atoms with Gasteiger partial charge in [-0.3, -0.25) is 14.5 Å². The third-order valence-electron chi connectivity index (χ3n) is 5.00. The Morgan fingerprint density at radius 1 is 1.09 bits per heavy atom. The fraction of sp³-hybridized carbons (Fsp3) is 0.318. The first-order chi connectivity index (χ1) is 16.1. The topological polar surface area (TPSA) is 79.0 Å². The summed E-state index contributed by atoms with van der Waals surface area (Å²) in [6.07, 6.45) is -5.13. The van der Waals surface area contributed by atoms with Crippen LogP contribution in [0.1, 0.15) is 15.9 Å². The van der Waals surface area contributed by atoms with Crippen LogP contribution in [0, 0.1) is 5.82 Å². The molecule has 3 rings (SSSR count). The first kappa shape index (κ1) is 25.4. The first-order valence-corrected chi connectivity index (χ1v) is 10.5. The second-order valence-corrected chi connectivity index (χ2v) is 7.79. The second-order valence-electron chi connectivity index (χ2n) is 7.36. The monoisotopic (exact) mass is 501 g/mol. The number of ether oxygens (including phenoxy) is 1. The van der Waals surface area contributed by atoms with E-state index in [0.717, 1.165) is 6.07 Å². The predicted molar refractivity (Wildman–Crippen MR) is 115 cm³/mol. The SMILES string of the molecule is O=C(CNC(=O)C(F)(F)F)c1ccc(CN(C(=O)N2CCOCC2)c2cccc(Cl)c2)c(F)c1.